The molecule has 8 nitrogen and oxygen atoms in total. The summed E-state index contributed by atoms with van der Waals surface area (Å²) in [6.45, 7) is 5.44. The number of likely N-dealkylation sites (tertiary alicyclic amines) is 1. The number of aliphatic hydroxyl groups is 1. The number of nitriles is 1. The van der Waals surface area contributed by atoms with Gasteiger partial charge in [0.15, 0.2) is 5.69 Å². The van der Waals surface area contributed by atoms with Gasteiger partial charge in [-0.15, -0.1) is 0 Å². The SMILES string of the molecule is CC(C)(O)C(=O)N1CCC(c2ccc(NC(=O)C3CN(c4cccnc4C#N)C3)cc2)CC1. The van der Waals surface area contributed by atoms with Crippen molar-refractivity contribution in [1.82, 2.24) is 9.88 Å². The van der Waals surface area contributed by atoms with E-state index in [0.29, 0.717) is 37.8 Å². The monoisotopic (exact) mass is 447 g/mol. The number of amides is 2. The largest absolute Gasteiger partial charge is 0.381 e. The molecule has 0 bridgehead atoms. The van der Waals surface area contributed by atoms with Crippen LogP contribution in [0.15, 0.2) is 42.6 Å². The first-order chi connectivity index (χ1) is 15.8. The van der Waals surface area contributed by atoms with Gasteiger partial charge < -0.3 is 20.2 Å². The highest BCUT2D eigenvalue weighted by atomic mass is 16.3. The Labute approximate surface area is 193 Å². The second-order valence-electron chi connectivity index (χ2n) is 9.32. The van der Waals surface area contributed by atoms with Gasteiger partial charge in [-0.2, -0.15) is 5.26 Å². The van der Waals surface area contributed by atoms with E-state index < -0.39 is 5.60 Å². The van der Waals surface area contributed by atoms with Gasteiger partial charge >= 0.3 is 0 Å². The van der Waals surface area contributed by atoms with Crippen molar-refractivity contribution in [3.8, 4) is 6.07 Å². The lowest BCUT2D eigenvalue weighted by Crippen LogP contribution is -2.52. The fourth-order valence-electron chi connectivity index (χ4n) is 4.47. The summed E-state index contributed by atoms with van der Waals surface area (Å²) in [5.41, 5.74) is 1.76. The minimum Gasteiger partial charge on any atom is -0.381 e. The van der Waals surface area contributed by atoms with Crippen LogP contribution in [0, 0.1) is 17.2 Å². The molecule has 2 aliphatic rings. The van der Waals surface area contributed by atoms with Gasteiger partial charge in [0.05, 0.1) is 11.6 Å². The number of rotatable bonds is 5. The summed E-state index contributed by atoms with van der Waals surface area (Å²) in [5, 5.41) is 22.1. The number of piperidine rings is 1. The third kappa shape index (κ3) is 4.99. The predicted molar refractivity (Wildman–Crippen MR) is 125 cm³/mol. The minimum absolute atomic E-state index is 0.0279. The number of nitrogens with one attached hydrogen (secondary N) is 1. The van der Waals surface area contributed by atoms with Crippen LogP contribution in [0.5, 0.6) is 0 Å². The van der Waals surface area contributed by atoms with Gasteiger partial charge in [-0.25, -0.2) is 4.98 Å². The van der Waals surface area contributed by atoms with Crippen molar-refractivity contribution >= 4 is 23.2 Å². The Morgan fingerprint density at radius 3 is 2.42 bits per heavy atom. The molecule has 2 saturated heterocycles. The van der Waals surface area contributed by atoms with E-state index >= 15 is 0 Å². The smallest absolute Gasteiger partial charge is 0.253 e. The molecule has 33 heavy (non-hydrogen) atoms. The highest BCUT2D eigenvalue weighted by molar-refractivity contribution is 5.94. The van der Waals surface area contributed by atoms with Crippen molar-refractivity contribution in [3.63, 3.8) is 0 Å². The van der Waals surface area contributed by atoms with Gasteiger partial charge in [-0.3, -0.25) is 9.59 Å². The summed E-state index contributed by atoms with van der Waals surface area (Å²) in [4.78, 5) is 32.7. The quantitative estimate of drug-likeness (QED) is 0.729. The molecule has 172 valence electrons. The molecular formula is C25H29N5O3. The molecule has 0 atom stereocenters. The number of anilines is 2. The topological polar surface area (TPSA) is 110 Å². The Hall–Kier alpha value is -3.44. The van der Waals surface area contributed by atoms with Crippen molar-refractivity contribution < 1.29 is 14.7 Å². The summed E-state index contributed by atoms with van der Waals surface area (Å²) < 4.78 is 0. The molecule has 4 rings (SSSR count). The van der Waals surface area contributed by atoms with E-state index in [0.717, 1.165) is 24.2 Å². The Kier molecular flexibility index (Phi) is 6.34. The zero-order valence-corrected chi connectivity index (χ0v) is 19.0. The van der Waals surface area contributed by atoms with E-state index in [1.807, 2.05) is 35.2 Å². The molecule has 0 saturated carbocycles. The van der Waals surface area contributed by atoms with Gasteiger partial charge in [-0.05, 0) is 62.4 Å². The Morgan fingerprint density at radius 2 is 1.82 bits per heavy atom. The third-order valence-electron chi connectivity index (χ3n) is 6.44. The molecule has 0 aliphatic carbocycles. The number of pyridine rings is 1. The highest BCUT2D eigenvalue weighted by Gasteiger charge is 2.34. The molecule has 0 unspecified atom stereocenters. The average molecular weight is 448 g/mol. The number of benzene rings is 1. The zero-order valence-electron chi connectivity index (χ0n) is 19.0. The summed E-state index contributed by atoms with van der Waals surface area (Å²) in [7, 11) is 0. The first kappa shape index (κ1) is 22.7. The number of hydrogen-bond donors (Lipinski definition) is 2. The molecule has 2 fully saturated rings. The van der Waals surface area contributed by atoms with Crippen LogP contribution in [0.2, 0.25) is 0 Å². The van der Waals surface area contributed by atoms with Gasteiger partial charge in [0, 0.05) is 38.1 Å². The number of nitrogens with zero attached hydrogens (tertiary/aromatic N) is 4. The number of carbonyl (C=O) groups is 2. The van der Waals surface area contributed by atoms with E-state index in [2.05, 4.69) is 16.4 Å². The minimum atomic E-state index is -1.33. The first-order valence-electron chi connectivity index (χ1n) is 11.3. The molecule has 3 heterocycles. The Morgan fingerprint density at radius 1 is 1.15 bits per heavy atom. The standard InChI is InChI=1S/C25H29N5O3/c1-25(2,33)24(32)29-12-9-18(10-13-29)17-5-7-20(8-6-17)28-23(31)19-15-30(16-19)22-4-3-11-27-21(22)14-26/h3-8,11,18-19,33H,9-10,12-13,15-16H2,1-2H3,(H,28,31). The van der Waals surface area contributed by atoms with Crippen LogP contribution < -0.4 is 10.2 Å². The van der Waals surface area contributed by atoms with Gasteiger partial charge in [0.1, 0.15) is 11.7 Å². The van der Waals surface area contributed by atoms with Crippen LogP contribution in [-0.2, 0) is 9.59 Å². The molecule has 1 aromatic carbocycles. The van der Waals surface area contributed by atoms with Crippen molar-refractivity contribution in [2.45, 2.75) is 38.2 Å². The van der Waals surface area contributed by atoms with Crippen LogP contribution in [0.4, 0.5) is 11.4 Å². The summed E-state index contributed by atoms with van der Waals surface area (Å²) in [6, 6.07) is 13.7. The fraction of sp³-hybridized carbons (Fsp3) is 0.440. The molecule has 2 aliphatic heterocycles. The predicted octanol–water partition coefficient (Wildman–Crippen LogP) is 2.51. The van der Waals surface area contributed by atoms with Crippen molar-refractivity contribution in [2.75, 3.05) is 36.4 Å². The molecule has 0 spiro atoms. The average Bonchev–Trinajstić information content (AvgIpc) is 2.78. The van der Waals surface area contributed by atoms with Gasteiger partial charge in [0.2, 0.25) is 5.91 Å². The van der Waals surface area contributed by atoms with E-state index in [4.69, 9.17) is 0 Å². The van der Waals surface area contributed by atoms with Crippen LogP contribution in [0.1, 0.15) is 43.9 Å². The molecule has 8 heteroatoms. The molecular weight excluding hydrogens is 418 g/mol. The summed E-state index contributed by atoms with van der Waals surface area (Å²) >= 11 is 0. The van der Waals surface area contributed by atoms with Crippen LogP contribution >= 0.6 is 0 Å². The molecule has 2 aromatic rings. The van der Waals surface area contributed by atoms with E-state index in [1.54, 1.807) is 17.2 Å². The maximum atomic E-state index is 12.6. The second-order valence-corrected chi connectivity index (χ2v) is 9.32. The normalized spacial score (nSPS) is 17.3. The summed E-state index contributed by atoms with van der Waals surface area (Å²) in [6.07, 6.45) is 3.29. The number of carbonyl (C=O) groups excluding carboxylic acids is 2. The van der Waals surface area contributed by atoms with Gasteiger partial charge in [-0.1, -0.05) is 12.1 Å². The van der Waals surface area contributed by atoms with E-state index in [1.165, 1.54) is 19.4 Å². The molecule has 0 radical (unpaired) electrons. The lowest BCUT2D eigenvalue weighted by molar-refractivity contribution is -0.148. The molecule has 2 amide bonds. The maximum absolute atomic E-state index is 12.6. The van der Waals surface area contributed by atoms with Crippen LogP contribution in [0.3, 0.4) is 0 Å². The van der Waals surface area contributed by atoms with E-state index in [-0.39, 0.29) is 17.7 Å². The highest BCUT2D eigenvalue weighted by Crippen LogP contribution is 2.31. The third-order valence-corrected chi connectivity index (χ3v) is 6.44. The van der Waals surface area contributed by atoms with Crippen molar-refractivity contribution in [1.29, 1.82) is 5.26 Å². The fourth-order valence-corrected chi connectivity index (χ4v) is 4.47. The summed E-state index contributed by atoms with van der Waals surface area (Å²) in [5.74, 6) is -0.0237. The van der Waals surface area contributed by atoms with Crippen molar-refractivity contribution in [3.05, 3.63) is 53.9 Å². The lowest BCUT2D eigenvalue weighted by Gasteiger charge is -2.40. The zero-order chi connectivity index (χ0) is 23.6. The number of hydrogen-bond acceptors (Lipinski definition) is 6. The maximum Gasteiger partial charge on any atom is 0.253 e. The Bertz CT molecular complexity index is 1060. The van der Waals surface area contributed by atoms with Crippen LogP contribution in [0.25, 0.3) is 0 Å². The van der Waals surface area contributed by atoms with Crippen LogP contribution in [-0.4, -0.2) is 58.6 Å². The molecule has 2 N–H and O–H groups in total. The Balaban J connectivity index is 1.27. The second kappa shape index (κ2) is 9.20. The number of aromatic nitrogens is 1. The van der Waals surface area contributed by atoms with E-state index in [9.17, 15) is 20.0 Å². The van der Waals surface area contributed by atoms with Crippen molar-refractivity contribution in [2.24, 2.45) is 5.92 Å². The molecule has 1 aromatic heterocycles. The lowest BCUT2D eigenvalue weighted by atomic mass is 9.88. The van der Waals surface area contributed by atoms with Gasteiger partial charge in [0.25, 0.3) is 5.91 Å². The first-order valence-corrected chi connectivity index (χ1v) is 11.3.